The number of nitrogens with one attached hydrogen (secondary N) is 1. The van der Waals surface area contributed by atoms with E-state index in [2.05, 4.69) is 21.8 Å². The van der Waals surface area contributed by atoms with Crippen LogP contribution < -0.4 is 4.72 Å². The number of carbonyl (C=O) groups excluding carboxylic acids is 1. The summed E-state index contributed by atoms with van der Waals surface area (Å²) in [6, 6.07) is 13.6. The molecule has 2 aromatic rings. The fourth-order valence-electron chi connectivity index (χ4n) is 3.47. The molecule has 0 bridgehead atoms. The number of hydrogen-bond donors (Lipinski definition) is 1. The highest BCUT2D eigenvalue weighted by Crippen LogP contribution is 2.22. The number of piperazine rings is 1. The molecule has 0 aliphatic carbocycles. The van der Waals surface area contributed by atoms with Gasteiger partial charge in [0.2, 0.25) is 10.0 Å². The summed E-state index contributed by atoms with van der Waals surface area (Å²) < 4.78 is 26.9. The maximum Gasteiger partial charge on any atom is 0.253 e. The van der Waals surface area contributed by atoms with Gasteiger partial charge in [-0.15, -0.1) is 0 Å². The van der Waals surface area contributed by atoms with Gasteiger partial charge in [-0.3, -0.25) is 9.69 Å². The molecule has 7 heteroatoms. The van der Waals surface area contributed by atoms with Crippen LogP contribution in [0.2, 0.25) is 0 Å². The zero-order chi connectivity index (χ0) is 20.3. The minimum Gasteiger partial charge on any atom is -0.336 e. The lowest BCUT2D eigenvalue weighted by Gasteiger charge is -2.35. The molecule has 3 rings (SSSR count). The summed E-state index contributed by atoms with van der Waals surface area (Å²) in [4.78, 5) is 17.3. The molecular formula is C21H27N3O3S. The van der Waals surface area contributed by atoms with Gasteiger partial charge in [0, 0.05) is 38.3 Å². The molecule has 1 saturated heterocycles. The first-order chi connectivity index (χ1) is 13.3. The summed E-state index contributed by atoms with van der Waals surface area (Å²) >= 11 is 0. The van der Waals surface area contributed by atoms with Gasteiger partial charge in [-0.2, -0.15) is 0 Å². The highest BCUT2D eigenvalue weighted by molar-refractivity contribution is 7.89. The molecule has 0 saturated carbocycles. The monoisotopic (exact) mass is 401 g/mol. The van der Waals surface area contributed by atoms with E-state index in [4.69, 9.17) is 0 Å². The molecule has 1 N–H and O–H groups in total. The summed E-state index contributed by atoms with van der Waals surface area (Å²) in [7, 11) is -2.23. The van der Waals surface area contributed by atoms with Crippen molar-refractivity contribution in [3.05, 3.63) is 64.7 Å². The number of benzene rings is 2. The van der Waals surface area contributed by atoms with Gasteiger partial charge in [-0.1, -0.05) is 30.3 Å². The van der Waals surface area contributed by atoms with Crippen LogP contribution in [0, 0.1) is 13.8 Å². The number of amides is 1. The molecule has 0 atom stereocenters. The molecule has 1 fully saturated rings. The normalized spacial score (nSPS) is 15.6. The summed E-state index contributed by atoms with van der Waals surface area (Å²) in [5.74, 6) is -0.116. The molecule has 1 heterocycles. The van der Waals surface area contributed by atoms with Gasteiger partial charge in [-0.05, 0) is 49.7 Å². The Bertz CT molecular complexity index is 950. The van der Waals surface area contributed by atoms with Crippen molar-refractivity contribution >= 4 is 15.9 Å². The Labute approximate surface area is 167 Å². The lowest BCUT2D eigenvalue weighted by molar-refractivity contribution is 0.0628. The number of aryl methyl sites for hydroxylation is 1. The van der Waals surface area contributed by atoms with E-state index in [0.29, 0.717) is 24.2 Å². The van der Waals surface area contributed by atoms with E-state index in [9.17, 15) is 13.2 Å². The number of sulfonamides is 1. The van der Waals surface area contributed by atoms with E-state index in [1.165, 1.54) is 18.7 Å². The van der Waals surface area contributed by atoms with Gasteiger partial charge in [0.15, 0.2) is 0 Å². The van der Waals surface area contributed by atoms with E-state index >= 15 is 0 Å². The third kappa shape index (κ3) is 4.43. The Balaban J connectivity index is 1.72. The summed E-state index contributed by atoms with van der Waals surface area (Å²) in [5, 5.41) is 0. The zero-order valence-corrected chi connectivity index (χ0v) is 17.4. The molecule has 150 valence electrons. The Kier molecular flexibility index (Phi) is 6.17. The molecular weight excluding hydrogens is 374 g/mol. The van der Waals surface area contributed by atoms with Gasteiger partial charge < -0.3 is 4.90 Å². The van der Waals surface area contributed by atoms with Crippen molar-refractivity contribution in [2.24, 2.45) is 0 Å². The van der Waals surface area contributed by atoms with E-state index in [1.807, 2.05) is 25.1 Å². The van der Waals surface area contributed by atoms with Gasteiger partial charge >= 0.3 is 0 Å². The number of carbonyl (C=O) groups is 1. The van der Waals surface area contributed by atoms with Crippen molar-refractivity contribution in [2.75, 3.05) is 33.2 Å². The van der Waals surface area contributed by atoms with Crippen molar-refractivity contribution < 1.29 is 13.2 Å². The van der Waals surface area contributed by atoms with E-state index < -0.39 is 10.0 Å². The first-order valence-corrected chi connectivity index (χ1v) is 10.9. The van der Waals surface area contributed by atoms with Crippen LogP contribution in [0.15, 0.2) is 47.4 Å². The van der Waals surface area contributed by atoms with Crippen molar-refractivity contribution in [2.45, 2.75) is 25.3 Å². The lowest BCUT2D eigenvalue weighted by atomic mass is 10.0. The molecule has 0 spiro atoms. The SMILES string of the molecule is CNS(=O)(=O)c1cc(C(=O)N2CCN(Cc3ccccc3)CC2)cc(C)c1C. The molecule has 0 radical (unpaired) electrons. The maximum atomic E-state index is 13.0. The Hall–Kier alpha value is -2.22. The van der Waals surface area contributed by atoms with Crippen LogP contribution in [0.4, 0.5) is 0 Å². The highest BCUT2D eigenvalue weighted by atomic mass is 32.2. The van der Waals surface area contributed by atoms with Crippen molar-refractivity contribution in [1.29, 1.82) is 0 Å². The second-order valence-corrected chi connectivity index (χ2v) is 9.03. The Morgan fingerprint density at radius 1 is 1.04 bits per heavy atom. The molecule has 6 nitrogen and oxygen atoms in total. The van der Waals surface area contributed by atoms with E-state index in [0.717, 1.165) is 25.2 Å². The zero-order valence-electron chi connectivity index (χ0n) is 16.6. The van der Waals surface area contributed by atoms with Crippen molar-refractivity contribution in [3.8, 4) is 0 Å². The second-order valence-electron chi connectivity index (χ2n) is 7.18. The van der Waals surface area contributed by atoms with Crippen LogP contribution in [0.5, 0.6) is 0 Å². The minimum absolute atomic E-state index is 0.116. The second kappa shape index (κ2) is 8.43. The van der Waals surface area contributed by atoms with Gasteiger partial charge in [-0.25, -0.2) is 13.1 Å². The Morgan fingerprint density at radius 3 is 2.29 bits per heavy atom. The quantitative estimate of drug-likeness (QED) is 0.834. The summed E-state index contributed by atoms with van der Waals surface area (Å²) in [6.07, 6.45) is 0. The molecule has 1 aliphatic rings. The first kappa shape index (κ1) is 20.5. The van der Waals surface area contributed by atoms with Gasteiger partial charge in [0.25, 0.3) is 5.91 Å². The van der Waals surface area contributed by atoms with Crippen LogP contribution in [0.3, 0.4) is 0 Å². The largest absolute Gasteiger partial charge is 0.336 e. The predicted octanol–water partition coefficient (Wildman–Crippen LogP) is 2.17. The molecule has 0 unspecified atom stereocenters. The number of rotatable bonds is 5. The number of nitrogens with zero attached hydrogens (tertiary/aromatic N) is 2. The lowest BCUT2D eigenvalue weighted by Crippen LogP contribution is -2.48. The van der Waals surface area contributed by atoms with Crippen LogP contribution in [-0.2, 0) is 16.6 Å². The molecule has 28 heavy (non-hydrogen) atoms. The molecule has 1 amide bonds. The minimum atomic E-state index is -3.61. The maximum absolute atomic E-state index is 13.0. The average molecular weight is 402 g/mol. The van der Waals surface area contributed by atoms with E-state index in [-0.39, 0.29) is 10.8 Å². The van der Waals surface area contributed by atoms with Gasteiger partial charge in [0.05, 0.1) is 4.90 Å². The van der Waals surface area contributed by atoms with E-state index in [1.54, 1.807) is 17.9 Å². The van der Waals surface area contributed by atoms with Crippen LogP contribution in [-0.4, -0.2) is 57.4 Å². The van der Waals surface area contributed by atoms with Crippen LogP contribution in [0.1, 0.15) is 27.0 Å². The summed E-state index contributed by atoms with van der Waals surface area (Å²) in [6.45, 7) is 7.32. The summed E-state index contributed by atoms with van der Waals surface area (Å²) in [5.41, 5.74) is 3.15. The van der Waals surface area contributed by atoms with Crippen molar-refractivity contribution in [1.82, 2.24) is 14.5 Å². The fourth-order valence-corrected chi connectivity index (χ4v) is 4.54. The highest BCUT2D eigenvalue weighted by Gasteiger charge is 2.25. The third-order valence-corrected chi connectivity index (χ3v) is 6.87. The van der Waals surface area contributed by atoms with Crippen molar-refractivity contribution in [3.63, 3.8) is 0 Å². The average Bonchev–Trinajstić information content (AvgIpc) is 2.70. The van der Waals surface area contributed by atoms with Crippen LogP contribution >= 0.6 is 0 Å². The fraction of sp³-hybridized carbons (Fsp3) is 0.381. The smallest absolute Gasteiger partial charge is 0.253 e. The van der Waals surface area contributed by atoms with Gasteiger partial charge in [0.1, 0.15) is 0 Å². The standard InChI is InChI=1S/C21H27N3O3S/c1-16-13-19(14-20(17(16)2)28(26,27)22-3)21(25)24-11-9-23(10-12-24)15-18-7-5-4-6-8-18/h4-8,13-14,22H,9-12,15H2,1-3H3. The number of hydrogen-bond acceptors (Lipinski definition) is 4. The topological polar surface area (TPSA) is 69.7 Å². The Morgan fingerprint density at radius 2 is 1.68 bits per heavy atom. The molecule has 0 aromatic heterocycles. The molecule has 2 aromatic carbocycles. The molecule has 1 aliphatic heterocycles. The predicted molar refractivity (Wildman–Crippen MR) is 110 cm³/mol. The van der Waals surface area contributed by atoms with Crippen LogP contribution in [0.25, 0.3) is 0 Å². The third-order valence-electron chi connectivity index (χ3n) is 5.33. The first-order valence-electron chi connectivity index (χ1n) is 9.42.